The molecule has 0 fully saturated rings. The van der Waals surface area contributed by atoms with Crippen LogP contribution in [0.3, 0.4) is 0 Å². The van der Waals surface area contributed by atoms with Gasteiger partial charge in [0, 0.05) is 11.1 Å². The standard InChI is InChI=1S/C16H16N4O/c17-12-6-7-13-14(8-12)18-10-19-16(13)20-15(9-21)11-4-2-1-3-5-11/h1-8,10,15,21H,9,17H2,(H,18,19,20). The third-order valence-corrected chi connectivity index (χ3v) is 3.36. The van der Waals surface area contributed by atoms with Gasteiger partial charge in [0.15, 0.2) is 0 Å². The maximum Gasteiger partial charge on any atom is 0.137 e. The Bertz CT molecular complexity index is 746. The third kappa shape index (κ3) is 2.78. The lowest BCUT2D eigenvalue weighted by molar-refractivity contribution is 0.276. The van der Waals surface area contributed by atoms with Crippen molar-refractivity contribution in [1.29, 1.82) is 0 Å². The molecule has 2 aromatic carbocycles. The molecule has 1 heterocycles. The van der Waals surface area contributed by atoms with Crippen LogP contribution in [0.4, 0.5) is 11.5 Å². The highest BCUT2D eigenvalue weighted by Crippen LogP contribution is 2.25. The van der Waals surface area contributed by atoms with Crippen LogP contribution < -0.4 is 11.1 Å². The molecule has 0 aliphatic carbocycles. The van der Waals surface area contributed by atoms with Crippen LogP contribution in [0.1, 0.15) is 11.6 Å². The molecule has 0 spiro atoms. The number of nitrogen functional groups attached to an aromatic ring is 1. The molecule has 0 saturated heterocycles. The van der Waals surface area contributed by atoms with Crippen molar-refractivity contribution in [2.45, 2.75) is 6.04 Å². The van der Waals surface area contributed by atoms with Crippen molar-refractivity contribution in [1.82, 2.24) is 9.97 Å². The molecule has 5 nitrogen and oxygen atoms in total. The number of aliphatic hydroxyl groups excluding tert-OH is 1. The molecule has 5 heteroatoms. The summed E-state index contributed by atoms with van der Waals surface area (Å²) in [6, 6.07) is 15.0. The summed E-state index contributed by atoms with van der Waals surface area (Å²) in [5.41, 5.74) is 8.21. The van der Waals surface area contributed by atoms with E-state index in [9.17, 15) is 5.11 Å². The van der Waals surface area contributed by atoms with Gasteiger partial charge in [0.05, 0.1) is 18.2 Å². The molecule has 0 radical (unpaired) electrons. The van der Waals surface area contributed by atoms with Gasteiger partial charge in [-0.15, -0.1) is 0 Å². The Kier molecular flexibility index (Phi) is 3.66. The summed E-state index contributed by atoms with van der Waals surface area (Å²) in [5.74, 6) is 0.683. The molecule has 106 valence electrons. The zero-order valence-electron chi connectivity index (χ0n) is 11.4. The van der Waals surface area contributed by atoms with E-state index in [0.717, 1.165) is 16.5 Å². The van der Waals surface area contributed by atoms with Crippen molar-refractivity contribution in [2.24, 2.45) is 0 Å². The first-order valence-electron chi connectivity index (χ1n) is 6.70. The van der Waals surface area contributed by atoms with Gasteiger partial charge in [-0.2, -0.15) is 0 Å². The maximum atomic E-state index is 9.63. The topological polar surface area (TPSA) is 84.1 Å². The molecule has 21 heavy (non-hydrogen) atoms. The van der Waals surface area contributed by atoms with E-state index in [1.165, 1.54) is 6.33 Å². The Balaban J connectivity index is 1.97. The van der Waals surface area contributed by atoms with Gasteiger partial charge < -0.3 is 16.2 Å². The number of nitrogens with zero attached hydrogens (tertiary/aromatic N) is 2. The Morgan fingerprint density at radius 2 is 1.90 bits per heavy atom. The molecule has 1 aromatic heterocycles. The first-order valence-corrected chi connectivity index (χ1v) is 6.70. The molecule has 0 amide bonds. The lowest BCUT2D eigenvalue weighted by Crippen LogP contribution is -2.15. The van der Waals surface area contributed by atoms with Gasteiger partial charge in [-0.1, -0.05) is 30.3 Å². The third-order valence-electron chi connectivity index (χ3n) is 3.36. The summed E-state index contributed by atoms with van der Waals surface area (Å²) < 4.78 is 0. The Morgan fingerprint density at radius 1 is 1.10 bits per heavy atom. The lowest BCUT2D eigenvalue weighted by Gasteiger charge is -2.18. The van der Waals surface area contributed by atoms with E-state index >= 15 is 0 Å². The molecule has 0 aliphatic rings. The summed E-state index contributed by atoms with van der Waals surface area (Å²) in [5, 5.41) is 13.8. The summed E-state index contributed by atoms with van der Waals surface area (Å²) in [4.78, 5) is 8.49. The lowest BCUT2D eigenvalue weighted by atomic mass is 10.1. The summed E-state index contributed by atoms with van der Waals surface area (Å²) in [6.45, 7) is -0.0233. The van der Waals surface area contributed by atoms with Gasteiger partial charge in [-0.05, 0) is 23.8 Å². The minimum absolute atomic E-state index is 0.0233. The number of benzene rings is 2. The second-order valence-corrected chi connectivity index (χ2v) is 4.79. The smallest absolute Gasteiger partial charge is 0.137 e. The van der Waals surface area contributed by atoms with Gasteiger partial charge in [-0.25, -0.2) is 9.97 Å². The van der Waals surface area contributed by atoms with Gasteiger partial charge in [0.25, 0.3) is 0 Å². The van der Waals surface area contributed by atoms with E-state index < -0.39 is 0 Å². The number of nitrogens with one attached hydrogen (secondary N) is 1. The SMILES string of the molecule is Nc1ccc2c(NC(CO)c3ccccc3)ncnc2c1. The van der Waals surface area contributed by atoms with Crippen molar-refractivity contribution in [3.05, 3.63) is 60.4 Å². The number of rotatable bonds is 4. The molecule has 3 aromatic rings. The van der Waals surface area contributed by atoms with Crippen LogP contribution in [0.5, 0.6) is 0 Å². The molecule has 4 N–H and O–H groups in total. The number of aromatic nitrogens is 2. The van der Waals surface area contributed by atoms with Crippen molar-refractivity contribution in [3.8, 4) is 0 Å². The number of anilines is 2. The van der Waals surface area contributed by atoms with Crippen LogP contribution in [0.15, 0.2) is 54.9 Å². The molecule has 3 rings (SSSR count). The van der Waals surface area contributed by atoms with Crippen molar-refractivity contribution < 1.29 is 5.11 Å². The monoisotopic (exact) mass is 280 g/mol. The van der Waals surface area contributed by atoms with Crippen molar-refractivity contribution in [3.63, 3.8) is 0 Å². The average Bonchev–Trinajstić information content (AvgIpc) is 2.53. The van der Waals surface area contributed by atoms with Gasteiger partial charge in [0.2, 0.25) is 0 Å². The van der Waals surface area contributed by atoms with Crippen molar-refractivity contribution in [2.75, 3.05) is 17.7 Å². The number of aliphatic hydroxyl groups is 1. The van der Waals surface area contributed by atoms with Gasteiger partial charge >= 0.3 is 0 Å². The highest BCUT2D eigenvalue weighted by atomic mass is 16.3. The number of hydrogen-bond donors (Lipinski definition) is 3. The van der Waals surface area contributed by atoms with E-state index in [1.54, 1.807) is 6.07 Å². The van der Waals surface area contributed by atoms with Crippen LogP contribution in [-0.2, 0) is 0 Å². The zero-order chi connectivity index (χ0) is 14.7. The van der Waals surface area contributed by atoms with Crippen LogP contribution in [0.2, 0.25) is 0 Å². The maximum absolute atomic E-state index is 9.63. The molecular weight excluding hydrogens is 264 g/mol. The minimum Gasteiger partial charge on any atom is -0.399 e. The summed E-state index contributed by atoms with van der Waals surface area (Å²) >= 11 is 0. The van der Waals surface area contributed by atoms with Crippen LogP contribution in [0.25, 0.3) is 10.9 Å². The Hall–Kier alpha value is -2.66. The number of nitrogens with two attached hydrogens (primary N) is 1. The largest absolute Gasteiger partial charge is 0.399 e. The van der Waals surface area contributed by atoms with Crippen LogP contribution in [-0.4, -0.2) is 21.7 Å². The fourth-order valence-corrected chi connectivity index (χ4v) is 2.27. The zero-order valence-corrected chi connectivity index (χ0v) is 11.4. The molecule has 0 bridgehead atoms. The van der Waals surface area contributed by atoms with Gasteiger partial charge in [-0.3, -0.25) is 0 Å². The molecule has 1 unspecified atom stereocenters. The van der Waals surface area contributed by atoms with E-state index in [0.29, 0.717) is 11.5 Å². The highest BCUT2D eigenvalue weighted by molar-refractivity contribution is 5.90. The highest BCUT2D eigenvalue weighted by Gasteiger charge is 2.12. The Labute approximate surface area is 122 Å². The molecule has 0 saturated carbocycles. The second kappa shape index (κ2) is 5.76. The Morgan fingerprint density at radius 3 is 2.67 bits per heavy atom. The van der Waals surface area contributed by atoms with E-state index in [-0.39, 0.29) is 12.6 Å². The fraction of sp³-hybridized carbons (Fsp3) is 0.125. The van der Waals surface area contributed by atoms with E-state index in [4.69, 9.17) is 5.73 Å². The van der Waals surface area contributed by atoms with Crippen LogP contribution in [0, 0.1) is 0 Å². The van der Waals surface area contributed by atoms with E-state index in [2.05, 4.69) is 15.3 Å². The second-order valence-electron chi connectivity index (χ2n) is 4.79. The summed E-state index contributed by atoms with van der Waals surface area (Å²) in [6.07, 6.45) is 1.49. The number of hydrogen-bond acceptors (Lipinski definition) is 5. The predicted molar refractivity (Wildman–Crippen MR) is 83.8 cm³/mol. The number of fused-ring (bicyclic) bond motifs is 1. The average molecular weight is 280 g/mol. The fourth-order valence-electron chi connectivity index (χ4n) is 2.27. The normalized spacial score (nSPS) is 12.2. The minimum atomic E-state index is -0.221. The van der Waals surface area contributed by atoms with Crippen molar-refractivity contribution >= 4 is 22.4 Å². The quantitative estimate of drug-likeness (QED) is 0.639. The first-order chi connectivity index (χ1) is 10.3. The first kappa shape index (κ1) is 13.3. The van der Waals surface area contributed by atoms with Crippen LogP contribution >= 0.6 is 0 Å². The van der Waals surface area contributed by atoms with Gasteiger partial charge in [0.1, 0.15) is 12.1 Å². The molecular formula is C16H16N4O. The summed E-state index contributed by atoms with van der Waals surface area (Å²) in [7, 11) is 0. The molecule has 0 aliphatic heterocycles. The van der Waals surface area contributed by atoms with E-state index in [1.807, 2.05) is 42.5 Å². The molecule has 1 atom stereocenters. The predicted octanol–water partition coefficient (Wildman–Crippen LogP) is 2.36.